The van der Waals surface area contributed by atoms with Gasteiger partial charge in [-0.25, -0.2) is 4.98 Å². The molecular formula is C21H31ClN4O2. The normalized spacial score (nSPS) is 19.9. The summed E-state index contributed by atoms with van der Waals surface area (Å²) in [7, 11) is 1.97. The van der Waals surface area contributed by atoms with E-state index < -0.39 is 0 Å². The van der Waals surface area contributed by atoms with Gasteiger partial charge < -0.3 is 14.7 Å². The lowest BCUT2D eigenvalue weighted by Crippen LogP contribution is -2.30. The van der Waals surface area contributed by atoms with Crippen molar-refractivity contribution in [2.75, 3.05) is 26.7 Å². The van der Waals surface area contributed by atoms with Crippen LogP contribution in [-0.4, -0.2) is 47.6 Å². The smallest absolute Gasteiger partial charge is 0.259 e. The van der Waals surface area contributed by atoms with E-state index in [2.05, 4.69) is 31.2 Å². The Labute approximate surface area is 172 Å². The van der Waals surface area contributed by atoms with Crippen molar-refractivity contribution in [1.82, 2.24) is 20.4 Å². The molecule has 6 nitrogen and oxygen atoms in total. The molecule has 4 rings (SSSR count). The Hall–Kier alpha value is -1.66. The number of aromatic nitrogens is 2. The molecule has 3 heterocycles. The number of amides is 1. The largest absolute Gasteiger partial charge is 0.338 e. The van der Waals surface area contributed by atoms with Crippen LogP contribution in [0, 0.1) is 11.3 Å². The number of nitrogens with one attached hydrogen (secondary N) is 1. The average molecular weight is 407 g/mol. The van der Waals surface area contributed by atoms with Crippen LogP contribution in [-0.2, 0) is 6.42 Å². The predicted octanol–water partition coefficient (Wildman–Crippen LogP) is 3.79. The van der Waals surface area contributed by atoms with Crippen molar-refractivity contribution in [3.05, 3.63) is 23.0 Å². The van der Waals surface area contributed by atoms with Crippen molar-refractivity contribution < 1.29 is 9.32 Å². The summed E-state index contributed by atoms with van der Waals surface area (Å²) in [5, 5.41) is 8.34. The first kappa shape index (κ1) is 21.1. The first-order valence-electron chi connectivity index (χ1n) is 10.1. The summed E-state index contributed by atoms with van der Waals surface area (Å²) < 4.78 is 5.58. The van der Waals surface area contributed by atoms with E-state index in [9.17, 15) is 4.79 Å². The van der Waals surface area contributed by atoms with Gasteiger partial charge in [0.15, 0.2) is 0 Å². The van der Waals surface area contributed by atoms with Crippen molar-refractivity contribution in [3.8, 4) is 0 Å². The molecular weight excluding hydrogens is 376 g/mol. The summed E-state index contributed by atoms with van der Waals surface area (Å²) in [5.74, 6) is 1.09. The number of carbonyl (C=O) groups is 1. The Balaban J connectivity index is 0.00000225. The van der Waals surface area contributed by atoms with E-state index in [1.807, 2.05) is 18.0 Å². The van der Waals surface area contributed by atoms with E-state index >= 15 is 0 Å². The number of halogens is 1. The van der Waals surface area contributed by atoms with Crippen LogP contribution in [0.25, 0.3) is 11.1 Å². The van der Waals surface area contributed by atoms with Crippen LogP contribution in [0.5, 0.6) is 0 Å². The Morgan fingerprint density at radius 1 is 1.32 bits per heavy atom. The Kier molecular flexibility index (Phi) is 6.01. The minimum absolute atomic E-state index is 0. The highest BCUT2D eigenvalue weighted by atomic mass is 35.5. The minimum Gasteiger partial charge on any atom is -0.338 e. The highest BCUT2D eigenvalue weighted by Gasteiger charge is 2.33. The van der Waals surface area contributed by atoms with Crippen molar-refractivity contribution >= 4 is 29.4 Å². The first-order chi connectivity index (χ1) is 12.9. The van der Waals surface area contributed by atoms with E-state index in [1.165, 1.54) is 0 Å². The molecule has 1 amide bonds. The van der Waals surface area contributed by atoms with E-state index in [4.69, 9.17) is 9.51 Å². The van der Waals surface area contributed by atoms with Crippen LogP contribution in [0.1, 0.15) is 67.7 Å². The molecule has 2 fully saturated rings. The van der Waals surface area contributed by atoms with Gasteiger partial charge >= 0.3 is 0 Å². The number of pyridine rings is 1. The molecule has 2 aromatic rings. The van der Waals surface area contributed by atoms with Crippen molar-refractivity contribution in [3.63, 3.8) is 0 Å². The Morgan fingerprint density at radius 3 is 2.71 bits per heavy atom. The molecule has 1 unspecified atom stereocenters. The topological polar surface area (TPSA) is 71.3 Å². The molecule has 0 radical (unpaired) electrons. The average Bonchev–Trinajstić information content (AvgIpc) is 3.24. The molecule has 1 atom stereocenters. The molecule has 1 saturated heterocycles. The van der Waals surface area contributed by atoms with Crippen LogP contribution in [0.15, 0.2) is 10.6 Å². The molecule has 2 aromatic heterocycles. The molecule has 1 aliphatic carbocycles. The van der Waals surface area contributed by atoms with E-state index in [1.54, 1.807) is 0 Å². The first-order valence-corrected chi connectivity index (χ1v) is 10.1. The van der Waals surface area contributed by atoms with Gasteiger partial charge in [0, 0.05) is 24.7 Å². The minimum atomic E-state index is 0. The van der Waals surface area contributed by atoms with Gasteiger partial charge in [-0.2, -0.15) is 0 Å². The van der Waals surface area contributed by atoms with E-state index in [-0.39, 0.29) is 23.7 Å². The third-order valence-corrected chi connectivity index (χ3v) is 5.53. The van der Waals surface area contributed by atoms with Crippen molar-refractivity contribution in [1.29, 1.82) is 0 Å². The lowest BCUT2D eigenvalue weighted by Gasteiger charge is -2.19. The molecule has 1 aliphatic heterocycles. The molecule has 28 heavy (non-hydrogen) atoms. The van der Waals surface area contributed by atoms with Gasteiger partial charge in [0.1, 0.15) is 0 Å². The van der Waals surface area contributed by atoms with E-state index in [0.29, 0.717) is 17.5 Å². The predicted molar refractivity (Wildman–Crippen MR) is 112 cm³/mol. The van der Waals surface area contributed by atoms with Gasteiger partial charge in [-0.05, 0) is 56.7 Å². The standard InChI is InChI=1S/C21H30N4O2.ClH/c1-21(2,3)10-17-18-15(20(26)25-8-7-13(12-25)11-22-4)9-16(14-5-6-14)23-19(18)27-24-17;/h9,13-14,22H,5-8,10-12H2,1-4H3;1H. The van der Waals surface area contributed by atoms with Crippen LogP contribution >= 0.6 is 12.4 Å². The zero-order valence-corrected chi connectivity index (χ0v) is 18.1. The molecule has 2 aliphatic rings. The maximum atomic E-state index is 13.4. The summed E-state index contributed by atoms with van der Waals surface area (Å²) in [6, 6.07) is 2.01. The SMILES string of the molecule is CNCC1CCN(C(=O)c2cc(C3CC3)nc3onc(CC(C)(C)C)c23)C1.Cl. The number of nitrogens with zero attached hydrogens (tertiary/aromatic N) is 3. The number of hydrogen-bond acceptors (Lipinski definition) is 5. The van der Waals surface area contributed by atoms with E-state index in [0.717, 1.165) is 67.7 Å². The lowest BCUT2D eigenvalue weighted by atomic mass is 9.89. The van der Waals surface area contributed by atoms with Crippen LogP contribution in [0.2, 0.25) is 0 Å². The number of rotatable bonds is 5. The fourth-order valence-electron chi connectivity index (χ4n) is 4.05. The van der Waals surface area contributed by atoms with Gasteiger partial charge in [-0.1, -0.05) is 25.9 Å². The van der Waals surface area contributed by atoms with Crippen LogP contribution in [0.4, 0.5) is 0 Å². The molecule has 0 aromatic carbocycles. The third-order valence-electron chi connectivity index (χ3n) is 5.53. The highest BCUT2D eigenvalue weighted by molar-refractivity contribution is 6.06. The maximum Gasteiger partial charge on any atom is 0.259 e. The molecule has 1 N–H and O–H groups in total. The number of likely N-dealkylation sites (tertiary alicyclic amines) is 1. The van der Waals surface area contributed by atoms with Crippen molar-refractivity contribution in [2.45, 2.75) is 52.4 Å². The van der Waals surface area contributed by atoms with Gasteiger partial charge in [-0.3, -0.25) is 4.79 Å². The zero-order valence-electron chi connectivity index (χ0n) is 17.2. The van der Waals surface area contributed by atoms with Gasteiger partial charge in [0.05, 0.1) is 16.6 Å². The summed E-state index contributed by atoms with van der Waals surface area (Å²) in [6.07, 6.45) is 4.09. The summed E-state index contributed by atoms with van der Waals surface area (Å²) in [4.78, 5) is 20.1. The Morgan fingerprint density at radius 2 is 2.07 bits per heavy atom. The number of carbonyl (C=O) groups excluding carboxylic acids is 1. The molecule has 7 heteroatoms. The molecule has 154 valence electrons. The van der Waals surface area contributed by atoms with Crippen LogP contribution < -0.4 is 5.32 Å². The second-order valence-electron chi connectivity index (χ2n) is 9.38. The quantitative estimate of drug-likeness (QED) is 0.817. The fourth-order valence-corrected chi connectivity index (χ4v) is 4.05. The lowest BCUT2D eigenvalue weighted by molar-refractivity contribution is 0.0789. The monoisotopic (exact) mass is 406 g/mol. The number of fused-ring (bicyclic) bond motifs is 1. The summed E-state index contributed by atoms with van der Waals surface area (Å²) >= 11 is 0. The maximum absolute atomic E-state index is 13.4. The summed E-state index contributed by atoms with van der Waals surface area (Å²) in [6.45, 7) is 9.08. The van der Waals surface area contributed by atoms with Crippen molar-refractivity contribution in [2.24, 2.45) is 11.3 Å². The molecule has 0 spiro atoms. The third kappa shape index (κ3) is 4.33. The van der Waals surface area contributed by atoms with Gasteiger partial charge in [-0.15, -0.1) is 12.4 Å². The Bertz CT molecular complexity index is 854. The van der Waals surface area contributed by atoms with Gasteiger partial charge in [0.25, 0.3) is 11.6 Å². The highest BCUT2D eigenvalue weighted by Crippen LogP contribution is 2.41. The number of hydrogen-bond donors (Lipinski definition) is 1. The fraction of sp³-hybridized carbons (Fsp3) is 0.667. The zero-order chi connectivity index (χ0) is 19.2. The summed E-state index contributed by atoms with van der Waals surface area (Å²) in [5.41, 5.74) is 3.14. The molecule has 0 bridgehead atoms. The second-order valence-corrected chi connectivity index (χ2v) is 9.38. The second kappa shape index (κ2) is 7.99. The van der Waals surface area contributed by atoms with Crippen LogP contribution in [0.3, 0.4) is 0 Å². The molecule has 1 saturated carbocycles. The van der Waals surface area contributed by atoms with Gasteiger partial charge in [0.2, 0.25) is 0 Å².